The third-order valence-electron chi connectivity index (χ3n) is 5.65. The third kappa shape index (κ3) is 1.85. The minimum absolute atomic E-state index is 0.0363. The van der Waals surface area contributed by atoms with Gasteiger partial charge in [0.15, 0.2) is 5.90 Å². The second-order valence-electron chi connectivity index (χ2n) is 8.24. The van der Waals surface area contributed by atoms with E-state index < -0.39 is 0 Å². The predicted molar refractivity (Wildman–Crippen MR) is 75.2 cm³/mol. The number of nitrogens with zero attached hydrogens (tertiary/aromatic N) is 1. The molecule has 1 aliphatic heterocycles. The molecule has 3 aliphatic carbocycles. The highest BCUT2D eigenvalue weighted by Gasteiger charge is 2.63. The normalized spacial score (nSPS) is 42.4. The number of fused-ring (bicyclic) bond motifs is 2. The maximum atomic E-state index is 12.3. The van der Waals surface area contributed by atoms with E-state index in [4.69, 9.17) is 4.74 Å². The Hall–Kier alpha value is -0.860. The summed E-state index contributed by atoms with van der Waals surface area (Å²) in [5.41, 5.74) is 0.107. The second-order valence-corrected chi connectivity index (χ2v) is 8.24. The van der Waals surface area contributed by atoms with Crippen molar-refractivity contribution in [2.75, 3.05) is 6.61 Å². The number of carbonyl (C=O) groups excluding carboxylic acids is 1. The van der Waals surface area contributed by atoms with Gasteiger partial charge in [0.05, 0.1) is 5.54 Å². The SMILES string of the molecule is CC1(C)COC(CC2(C)CC(=O)[C@@H]3C[C@H]2C3(C)C)=N1. The first kappa shape index (κ1) is 13.1. The molecule has 2 bridgehead atoms. The summed E-state index contributed by atoms with van der Waals surface area (Å²) < 4.78 is 5.74. The number of carbonyl (C=O) groups is 1. The van der Waals surface area contributed by atoms with E-state index in [0.717, 1.165) is 18.7 Å². The van der Waals surface area contributed by atoms with Crippen LogP contribution in [0.3, 0.4) is 0 Å². The summed E-state index contributed by atoms with van der Waals surface area (Å²) in [5, 5.41) is 0. The lowest BCUT2D eigenvalue weighted by Gasteiger charge is -2.63. The van der Waals surface area contributed by atoms with E-state index in [1.54, 1.807) is 0 Å². The Balaban J connectivity index is 1.82. The van der Waals surface area contributed by atoms with E-state index in [1.165, 1.54) is 0 Å². The molecule has 1 heterocycles. The van der Waals surface area contributed by atoms with Gasteiger partial charge >= 0.3 is 0 Å². The molecule has 0 aromatic heterocycles. The standard InChI is InChI=1S/C16H25NO2/c1-14(2)9-19-13(17-14)8-16(5)7-11(18)10-6-12(16)15(10,3)4/h10,12H,6-9H2,1-5H3/t10-,12-,16?/m0/s1. The molecule has 1 unspecified atom stereocenters. The minimum Gasteiger partial charge on any atom is -0.478 e. The number of rotatable bonds is 2. The fourth-order valence-corrected chi connectivity index (χ4v) is 4.58. The highest BCUT2D eigenvalue weighted by molar-refractivity contribution is 5.87. The molecule has 0 aromatic rings. The van der Waals surface area contributed by atoms with Crippen LogP contribution < -0.4 is 0 Å². The summed E-state index contributed by atoms with van der Waals surface area (Å²) in [4.78, 5) is 17.0. The van der Waals surface area contributed by atoms with E-state index in [9.17, 15) is 4.79 Å². The lowest BCUT2D eigenvalue weighted by atomic mass is 9.40. The summed E-state index contributed by atoms with van der Waals surface area (Å²) >= 11 is 0. The Morgan fingerprint density at radius 2 is 1.95 bits per heavy atom. The average Bonchev–Trinajstić information content (AvgIpc) is 2.54. The molecule has 0 spiro atoms. The van der Waals surface area contributed by atoms with E-state index in [1.807, 2.05) is 0 Å². The van der Waals surface area contributed by atoms with Gasteiger partial charge in [0, 0.05) is 18.8 Å². The zero-order valence-corrected chi connectivity index (χ0v) is 12.7. The van der Waals surface area contributed by atoms with Crippen LogP contribution >= 0.6 is 0 Å². The van der Waals surface area contributed by atoms with Crippen LogP contribution in [0.4, 0.5) is 0 Å². The molecule has 0 amide bonds. The van der Waals surface area contributed by atoms with Crippen LogP contribution in [0, 0.1) is 22.7 Å². The van der Waals surface area contributed by atoms with Crippen molar-refractivity contribution in [2.24, 2.45) is 27.7 Å². The van der Waals surface area contributed by atoms with Crippen LogP contribution in [0.1, 0.15) is 53.9 Å². The maximum absolute atomic E-state index is 12.3. The fourth-order valence-electron chi connectivity index (χ4n) is 4.58. The Morgan fingerprint density at radius 1 is 1.26 bits per heavy atom. The molecule has 0 saturated heterocycles. The lowest BCUT2D eigenvalue weighted by Crippen LogP contribution is -2.61. The van der Waals surface area contributed by atoms with E-state index in [2.05, 4.69) is 39.6 Å². The van der Waals surface area contributed by atoms with E-state index in [0.29, 0.717) is 30.6 Å². The number of Topliss-reactive ketones (excluding diaryl/α,β-unsaturated/α-hetero) is 1. The summed E-state index contributed by atoms with van der Waals surface area (Å²) in [6.07, 6.45) is 2.59. The number of aliphatic imine (C=N–C) groups is 1. The molecule has 106 valence electrons. The zero-order valence-electron chi connectivity index (χ0n) is 12.7. The van der Waals surface area contributed by atoms with Crippen molar-refractivity contribution in [3.63, 3.8) is 0 Å². The molecule has 0 N–H and O–H groups in total. The van der Waals surface area contributed by atoms with Crippen molar-refractivity contribution in [3.8, 4) is 0 Å². The average molecular weight is 263 g/mol. The molecule has 19 heavy (non-hydrogen) atoms. The van der Waals surface area contributed by atoms with Crippen LogP contribution in [-0.2, 0) is 9.53 Å². The van der Waals surface area contributed by atoms with Gasteiger partial charge in [-0.25, -0.2) is 4.99 Å². The Morgan fingerprint density at radius 3 is 2.42 bits per heavy atom. The molecule has 3 atom stereocenters. The number of hydrogen-bond acceptors (Lipinski definition) is 3. The highest BCUT2D eigenvalue weighted by Crippen LogP contribution is 2.65. The number of hydrogen-bond donors (Lipinski definition) is 0. The summed E-state index contributed by atoms with van der Waals surface area (Å²) in [6.45, 7) is 11.6. The molecular formula is C16H25NO2. The zero-order chi connectivity index (χ0) is 14.1. The van der Waals surface area contributed by atoms with Crippen LogP contribution in [0.2, 0.25) is 0 Å². The molecule has 4 rings (SSSR count). The van der Waals surface area contributed by atoms with E-state index >= 15 is 0 Å². The first-order chi connectivity index (χ1) is 8.64. The lowest BCUT2D eigenvalue weighted by molar-refractivity contribution is -0.172. The van der Waals surface area contributed by atoms with Crippen molar-refractivity contribution in [1.82, 2.24) is 0 Å². The topological polar surface area (TPSA) is 38.7 Å². The van der Waals surface area contributed by atoms with Gasteiger partial charge in [-0.1, -0.05) is 20.8 Å². The minimum atomic E-state index is -0.0952. The smallest absolute Gasteiger partial charge is 0.184 e. The van der Waals surface area contributed by atoms with Crippen molar-refractivity contribution in [3.05, 3.63) is 0 Å². The van der Waals surface area contributed by atoms with Crippen molar-refractivity contribution in [1.29, 1.82) is 0 Å². The molecule has 3 fully saturated rings. The van der Waals surface area contributed by atoms with Crippen molar-refractivity contribution >= 4 is 11.7 Å². The van der Waals surface area contributed by atoms with Gasteiger partial charge in [-0.3, -0.25) is 4.79 Å². The van der Waals surface area contributed by atoms with Gasteiger partial charge in [-0.2, -0.15) is 0 Å². The van der Waals surface area contributed by atoms with Gasteiger partial charge in [-0.05, 0) is 37.0 Å². The van der Waals surface area contributed by atoms with Gasteiger partial charge in [-0.15, -0.1) is 0 Å². The van der Waals surface area contributed by atoms with E-state index in [-0.39, 0.29) is 16.4 Å². The van der Waals surface area contributed by atoms with Crippen LogP contribution in [0.5, 0.6) is 0 Å². The first-order valence-electron chi connectivity index (χ1n) is 7.38. The molecule has 4 aliphatic rings. The fraction of sp³-hybridized carbons (Fsp3) is 0.875. The number of ketones is 1. The molecule has 3 nitrogen and oxygen atoms in total. The highest BCUT2D eigenvalue weighted by atomic mass is 16.5. The van der Waals surface area contributed by atoms with Gasteiger partial charge in [0.25, 0.3) is 0 Å². The Bertz CT molecular complexity index is 463. The summed E-state index contributed by atoms with van der Waals surface area (Å²) in [6, 6.07) is 0. The second kappa shape index (κ2) is 3.62. The van der Waals surface area contributed by atoms with Crippen LogP contribution in [0.15, 0.2) is 4.99 Å². The van der Waals surface area contributed by atoms with Crippen molar-refractivity contribution < 1.29 is 9.53 Å². The summed E-state index contributed by atoms with van der Waals surface area (Å²) in [7, 11) is 0. The first-order valence-corrected chi connectivity index (χ1v) is 7.38. The van der Waals surface area contributed by atoms with Gasteiger partial charge < -0.3 is 4.74 Å². The van der Waals surface area contributed by atoms with Gasteiger partial charge in [0.2, 0.25) is 0 Å². The van der Waals surface area contributed by atoms with Crippen LogP contribution in [-0.4, -0.2) is 23.8 Å². The van der Waals surface area contributed by atoms with Crippen LogP contribution in [0.25, 0.3) is 0 Å². The molecule has 3 saturated carbocycles. The van der Waals surface area contributed by atoms with Crippen molar-refractivity contribution in [2.45, 2.75) is 59.4 Å². The molecular weight excluding hydrogens is 238 g/mol. The molecule has 0 radical (unpaired) electrons. The Labute approximate surface area is 115 Å². The monoisotopic (exact) mass is 263 g/mol. The van der Waals surface area contributed by atoms with Gasteiger partial charge in [0.1, 0.15) is 12.4 Å². The Kier molecular flexibility index (Phi) is 2.50. The molecule has 0 aromatic carbocycles. The third-order valence-corrected chi connectivity index (χ3v) is 5.65. The maximum Gasteiger partial charge on any atom is 0.184 e. The number of ether oxygens (including phenoxy) is 1. The summed E-state index contributed by atoms with van der Waals surface area (Å²) in [5.74, 6) is 2.24. The largest absolute Gasteiger partial charge is 0.478 e. The molecule has 3 heteroatoms. The predicted octanol–water partition coefficient (Wildman–Crippen LogP) is 3.23. The quantitative estimate of drug-likeness (QED) is 0.767.